The molecule has 0 spiro atoms. The first-order valence-corrected chi connectivity index (χ1v) is 11.4. The number of hydrogen-bond donors (Lipinski definition) is 0. The van der Waals surface area contributed by atoms with Gasteiger partial charge in [0, 0.05) is 31.1 Å². The molecule has 5 nitrogen and oxygen atoms in total. The van der Waals surface area contributed by atoms with Crippen molar-refractivity contribution in [3.63, 3.8) is 0 Å². The molecule has 0 aromatic heterocycles. The van der Waals surface area contributed by atoms with Crippen LogP contribution < -0.4 is 0 Å². The molecule has 0 unspecified atom stereocenters. The van der Waals surface area contributed by atoms with Gasteiger partial charge in [0.05, 0.1) is 19.3 Å². The molecular formula is C28H34O5. The van der Waals surface area contributed by atoms with Crippen LogP contribution in [0.15, 0.2) is 36.4 Å². The van der Waals surface area contributed by atoms with Gasteiger partial charge in [-0.25, -0.2) is 4.79 Å². The molecule has 0 aliphatic heterocycles. The molecule has 33 heavy (non-hydrogen) atoms. The minimum absolute atomic E-state index is 0.0112. The number of benzene rings is 2. The maximum atomic E-state index is 13.2. The van der Waals surface area contributed by atoms with Crippen LogP contribution in [-0.2, 0) is 26.9 Å². The van der Waals surface area contributed by atoms with Crippen molar-refractivity contribution in [2.75, 3.05) is 14.2 Å². The van der Waals surface area contributed by atoms with Gasteiger partial charge < -0.3 is 9.47 Å². The number of Topliss-reactive ketones (excluding diaryl/α,β-unsaturated/α-hetero) is 2. The quantitative estimate of drug-likeness (QED) is 0.375. The van der Waals surface area contributed by atoms with Crippen molar-refractivity contribution in [2.45, 2.75) is 70.8 Å². The Morgan fingerprint density at radius 1 is 0.788 bits per heavy atom. The van der Waals surface area contributed by atoms with Gasteiger partial charge in [0.15, 0.2) is 11.6 Å². The molecule has 0 heterocycles. The maximum absolute atomic E-state index is 13.2. The van der Waals surface area contributed by atoms with E-state index in [1.54, 1.807) is 31.4 Å². The number of ketones is 2. The molecule has 2 aromatic carbocycles. The zero-order chi connectivity index (χ0) is 24.4. The molecule has 5 heteroatoms. The van der Waals surface area contributed by atoms with Crippen LogP contribution >= 0.6 is 0 Å². The Bertz CT molecular complexity index is 1060. The maximum Gasteiger partial charge on any atom is 0.337 e. The third-order valence-electron chi connectivity index (χ3n) is 6.88. The van der Waals surface area contributed by atoms with Crippen molar-refractivity contribution in [3.05, 3.63) is 69.8 Å². The van der Waals surface area contributed by atoms with E-state index in [-0.39, 0.29) is 35.2 Å². The first-order valence-electron chi connectivity index (χ1n) is 11.4. The lowest BCUT2D eigenvalue weighted by Crippen LogP contribution is -2.34. The van der Waals surface area contributed by atoms with Crippen molar-refractivity contribution in [1.82, 2.24) is 0 Å². The minimum Gasteiger partial charge on any atom is -0.465 e. The van der Waals surface area contributed by atoms with Gasteiger partial charge in [0.25, 0.3) is 0 Å². The lowest BCUT2D eigenvalue weighted by Gasteiger charge is -2.42. The number of ether oxygens (including phenoxy) is 2. The molecule has 0 atom stereocenters. The van der Waals surface area contributed by atoms with Gasteiger partial charge in [-0.3, -0.25) is 9.59 Å². The molecule has 0 radical (unpaired) electrons. The van der Waals surface area contributed by atoms with E-state index in [1.807, 2.05) is 6.07 Å². The largest absolute Gasteiger partial charge is 0.465 e. The van der Waals surface area contributed by atoms with Gasteiger partial charge in [0.1, 0.15) is 0 Å². The second-order valence-electron chi connectivity index (χ2n) is 10.2. The van der Waals surface area contributed by atoms with Crippen LogP contribution in [0, 0.1) is 0 Å². The molecule has 1 aliphatic rings. The fourth-order valence-corrected chi connectivity index (χ4v) is 4.61. The van der Waals surface area contributed by atoms with Crippen LogP contribution in [0.3, 0.4) is 0 Å². The van der Waals surface area contributed by atoms with Crippen molar-refractivity contribution in [1.29, 1.82) is 0 Å². The van der Waals surface area contributed by atoms with Crippen molar-refractivity contribution >= 4 is 17.5 Å². The van der Waals surface area contributed by atoms with Crippen LogP contribution in [0.2, 0.25) is 0 Å². The molecule has 3 rings (SSSR count). The summed E-state index contributed by atoms with van der Waals surface area (Å²) in [6.07, 6.45) is 2.38. The van der Waals surface area contributed by atoms with E-state index in [2.05, 4.69) is 38.5 Å². The fourth-order valence-electron chi connectivity index (χ4n) is 4.61. The van der Waals surface area contributed by atoms with E-state index < -0.39 is 5.97 Å². The lowest BCUT2D eigenvalue weighted by atomic mass is 9.62. The van der Waals surface area contributed by atoms with E-state index >= 15 is 0 Å². The van der Waals surface area contributed by atoms with Crippen LogP contribution in [0.4, 0.5) is 0 Å². The normalized spacial score (nSPS) is 16.1. The van der Waals surface area contributed by atoms with Gasteiger partial charge in [-0.2, -0.15) is 0 Å². The smallest absolute Gasteiger partial charge is 0.337 e. The first kappa shape index (κ1) is 24.8. The highest BCUT2D eigenvalue weighted by atomic mass is 16.5. The highest BCUT2D eigenvalue weighted by Gasteiger charge is 2.38. The molecule has 1 aliphatic carbocycles. The monoisotopic (exact) mass is 450 g/mol. The Kier molecular flexibility index (Phi) is 7.23. The summed E-state index contributed by atoms with van der Waals surface area (Å²) in [5, 5.41) is 0. The van der Waals surface area contributed by atoms with E-state index in [9.17, 15) is 14.4 Å². The SMILES string of the molecule is COCc1cc2c(cc1C(=O)CCC(=O)c1ccc(C(=O)OC)cc1)C(C)(C)CCC2(C)C. The van der Waals surface area contributed by atoms with Crippen LogP contribution in [-0.4, -0.2) is 31.8 Å². The number of esters is 1. The second kappa shape index (κ2) is 9.60. The molecular weight excluding hydrogens is 416 g/mol. The van der Waals surface area contributed by atoms with E-state index in [4.69, 9.17) is 4.74 Å². The van der Waals surface area contributed by atoms with E-state index in [0.717, 1.165) is 18.4 Å². The minimum atomic E-state index is -0.451. The standard InChI is InChI=1S/C28H34O5/c1-27(2)13-14-28(3,4)23-16-21(20(17-32-5)15-22(23)27)25(30)12-11-24(29)18-7-9-19(10-8-18)26(31)33-6/h7-10,15-16H,11-14,17H2,1-6H3. The lowest BCUT2D eigenvalue weighted by molar-refractivity contribution is 0.0600. The summed E-state index contributed by atoms with van der Waals surface area (Å²) < 4.78 is 10.1. The average Bonchev–Trinajstić information content (AvgIpc) is 2.80. The third-order valence-corrected chi connectivity index (χ3v) is 6.88. The summed E-state index contributed by atoms with van der Waals surface area (Å²) in [4.78, 5) is 37.5. The summed E-state index contributed by atoms with van der Waals surface area (Å²) in [6.45, 7) is 9.32. The topological polar surface area (TPSA) is 69.7 Å². The number of carbonyl (C=O) groups is 3. The average molecular weight is 451 g/mol. The van der Waals surface area contributed by atoms with Crippen molar-refractivity contribution < 1.29 is 23.9 Å². The summed E-state index contributed by atoms with van der Waals surface area (Å²) in [5.41, 5.74) is 4.91. The van der Waals surface area contributed by atoms with Gasteiger partial charge in [0.2, 0.25) is 0 Å². The van der Waals surface area contributed by atoms with Gasteiger partial charge >= 0.3 is 5.97 Å². The third kappa shape index (κ3) is 5.25. The Morgan fingerprint density at radius 3 is 1.85 bits per heavy atom. The van der Waals surface area contributed by atoms with Crippen LogP contribution in [0.25, 0.3) is 0 Å². The zero-order valence-electron chi connectivity index (χ0n) is 20.5. The highest BCUT2D eigenvalue weighted by molar-refractivity contribution is 6.03. The van der Waals surface area contributed by atoms with Crippen LogP contribution in [0.5, 0.6) is 0 Å². The highest BCUT2D eigenvalue weighted by Crippen LogP contribution is 2.46. The molecule has 0 saturated carbocycles. The van der Waals surface area contributed by atoms with E-state index in [0.29, 0.717) is 23.3 Å². The number of rotatable bonds is 8. The zero-order valence-corrected chi connectivity index (χ0v) is 20.5. The molecule has 0 saturated heterocycles. The Labute approximate surface area is 196 Å². The fraction of sp³-hybridized carbons (Fsp3) is 0.464. The summed E-state index contributed by atoms with van der Waals surface area (Å²) >= 11 is 0. The number of carbonyl (C=O) groups excluding carboxylic acids is 3. The van der Waals surface area contributed by atoms with Gasteiger partial charge in [-0.1, -0.05) is 45.9 Å². The predicted octanol–water partition coefficient (Wildman–Crippen LogP) is 5.81. The Hall–Kier alpha value is -2.79. The van der Waals surface area contributed by atoms with Crippen molar-refractivity contribution in [3.8, 4) is 0 Å². The molecule has 0 fully saturated rings. The molecule has 0 amide bonds. The number of methoxy groups -OCH3 is 2. The summed E-state index contributed by atoms with van der Waals surface area (Å²) in [6, 6.07) is 10.5. The second-order valence-corrected chi connectivity index (χ2v) is 10.2. The summed E-state index contributed by atoms with van der Waals surface area (Å²) in [5.74, 6) is -0.635. The molecule has 2 aromatic rings. The molecule has 0 N–H and O–H groups in total. The Morgan fingerprint density at radius 2 is 1.30 bits per heavy atom. The van der Waals surface area contributed by atoms with Crippen LogP contribution in [0.1, 0.15) is 101 Å². The van der Waals surface area contributed by atoms with Gasteiger partial charge in [-0.05, 0) is 58.6 Å². The van der Waals surface area contributed by atoms with E-state index in [1.165, 1.54) is 18.2 Å². The summed E-state index contributed by atoms with van der Waals surface area (Å²) in [7, 11) is 2.94. The predicted molar refractivity (Wildman–Crippen MR) is 128 cm³/mol. The first-order chi connectivity index (χ1) is 15.5. The molecule has 0 bridgehead atoms. The van der Waals surface area contributed by atoms with Crippen molar-refractivity contribution in [2.24, 2.45) is 0 Å². The molecule has 176 valence electrons. The van der Waals surface area contributed by atoms with Gasteiger partial charge in [-0.15, -0.1) is 0 Å². The Balaban J connectivity index is 1.83. The number of hydrogen-bond acceptors (Lipinski definition) is 5. The number of fused-ring (bicyclic) bond motifs is 1.